The summed E-state index contributed by atoms with van der Waals surface area (Å²) in [4.78, 5) is 0. The maximum Gasteiger partial charge on any atom is 0.160 e. The van der Waals surface area contributed by atoms with Gasteiger partial charge >= 0.3 is 0 Å². The zero-order valence-corrected chi connectivity index (χ0v) is 7.28. The molecule has 3 nitrogen and oxygen atoms in total. The highest BCUT2D eigenvalue weighted by Gasteiger charge is 2.09. The van der Waals surface area contributed by atoms with Crippen molar-refractivity contribution >= 4 is 0 Å². The average Bonchev–Trinajstić information content (AvgIpc) is 2.71. The molecule has 2 rings (SSSR count). The van der Waals surface area contributed by atoms with Crippen molar-refractivity contribution in [2.75, 3.05) is 0 Å². The van der Waals surface area contributed by atoms with E-state index in [0.29, 0.717) is 12.2 Å². The molecule has 2 heterocycles. The molecule has 0 aromatic carbocycles. The van der Waals surface area contributed by atoms with E-state index in [1.54, 1.807) is 19.5 Å². The van der Waals surface area contributed by atoms with E-state index in [0.717, 1.165) is 11.3 Å². The van der Waals surface area contributed by atoms with Crippen molar-refractivity contribution in [1.82, 2.24) is 0 Å². The van der Waals surface area contributed by atoms with Gasteiger partial charge in [-0.2, -0.15) is 0 Å². The molecule has 0 atom stereocenters. The quantitative estimate of drug-likeness (QED) is 0.768. The van der Waals surface area contributed by atoms with Gasteiger partial charge in [-0.15, -0.1) is 0 Å². The van der Waals surface area contributed by atoms with Gasteiger partial charge in [-0.1, -0.05) is 0 Å². The van der Waals surface area contributed by atoms with Crippen LogP contribution in [-0.4, -0.2) is 5.11 Å². The Morgan fingerprint density at radius 1 is 1.38 bits per heavy atom. The molecule has 3 heteroatoms. The summed E-state index contributed by atoms with van der Waals surface area (Å²) >= 11 is 0. The lowest BCUT2D eigenvalue weighted by Crippen LogP contribution is -1.82. The Hall–Kier alpha value is -1.64. The number of furan rings is 2. The van der Waals surface area contributed by atoms with Crippen LogP contribution < -0.4 is 0 Å². The van der Waals surface area contributed by atoms with Crippen LogP contribution in [0.15, 0.2) is 33.5 Å². The van der Waals surface area contributed by atoms with Crippen LogP contribution in [0.2, 0.25) is 0 Å². The summed E-state index contributed by atoms with van der Waals surface area (Å²) in [6.07, 6.45) is 3.72. The summed E-state index contributed by atoms with van der Waals surface area (Å²) in [6, 6.07) is 3.68. The van der Waals surface area contributed by atoms with E-state index in [4.69, 9.17) is 8.83 Å². The molecule has 0 saturated carbocycles. The molecular formula is C10H10O3. The second kappa shape index (κ2) is 3.01. The van der Waals surface area contributed by atoms with Gasteiger partial charge < -0.3 is 13.9 Å². The standard InChI is InChI=1S/C10H10O3/c1-7-10(11)8(6-13-7)5-9-3-2-4-12-9/h2-4,6,11H,5H2,1H3. The SMILES string of the molecule is Cc1occ(Cc2ccco2)c1O. The van der Waals surface area contributed by atoms with Crippen molar-refractivity contribution < 1.29 is 13.9 Å². The van der Waals surface area contributed by atoms with Gasteiger partial charge in [0, 0.05) is 12.0 Å². The van der Waals surface area contributed by atoms with E-state index in [1.807, 2.05) is 12.1 Å². The zero-order chi connectivity index (χ0) is 9.26. The summed E-state index contributed by atoms with van der Waals surface area (Å²) in [5, 5.41) is 9.50. The Morgan fingerprint density at radius 3 is 2.77 bits per heavy atom. The maximum atomic E-state index is 9.50. The van der Waals surface area contributed by atoms with Crippen molar-refractivity contribution in [3.8, 4) is 5.75 Å². The Kier molecular flexibility index (Phi) is 1.85. The fourth-order valence-corrected chi connectivity index (χ4v) is 1.22. The van der Waals surface area contributed by atoms with Crippen molar-refractivity contribution in [2.24, 2.45) is 0 Å². The largest absolute Gasteiger partial charge is 0.504 e. The first-order valence-electron chi connectivity index (χ1n) is 4.05. The molecule has 1 N–H and O–H groups in total. The molecule has 0 amide bonds. The second-order valence-electron chi connectivity index (χ2n) is 2.92. The number of hydrogen-bond acceptors (Lipinski definition) is 3. The average molecular weight is 178 g/mol. The summed E-state index contributed by atoms with van der Waals surface area (Å²) in [5.41, 5.74) is 0.757. The lowest BCUT2D eigenvalue weighted by Gasteiger charge is -1.93. The molecule has 0 saturated heterocycles. The van der Waals surface area contributed by atoms with Gasteiger partial charge in [0.1, 0.15) is 11.5 Å². The smallest absolute Gasteiger partial charge is 0.160 e. The number of aromatic hydroxyl groups is 1. The van der Waals surface area contributed by atoms with E-state index in [2.05, 4.69) is 0 Å². The van der Waals surface area contributed by atoms with Gasteiger partial charge in [-0.25, -0.2) is 0 Å². The van der Waals surface area contributed by atoms with Crippen LogP contribution >= 0.6 is 0 Å². The first-order valence-corrected chi connectivity index (χ1v) is 4.05. The summed E-state index contributed by atoms with van der Waals surface area (Å²) in [6.45, 7) is 1.72. The van der Waals surface area contributed by atoms with E-state index >= 15 is 0 Å². The van der Waals surface area contributed by atoms with Crippen molar-refractivity contribution in [2.45, 2.75) is 13.3 Å². The van der Waals surface area contributed by atoms with Gasteiger partial charge in [0.25, 0.3) is 0 Å². The summed E-state index contributed by atoms with van der Waals surface area (Å²) in [7, 11) is 0. The Balaban J connectivity index is 2.24. The van der Waals surface area contributed by atoms with Crippen molar-refractivity contribution in [3.05, 3.63) is 41.7 Å². The van der Waals surface area contributed by atoms with Crippen LogP contribution in [0.3, 0.4) is 0 Å². The van der Waals surface area contributed by atoms with Gasteiger partial charge in [0.2, 0.25) is 0 Å². The predicted molar refractivity (Wildman–Crippen MR) is 46.6 cm³/mol. The minimum Gasteiger partial charge on any atom is -0.504 e. The maximum absolute atomic E-state index is 9.50. The Morgan fingerprint density at radius 2 is 2.23 bits per heavy atom. The van der Waals surface area contributed by atoms with Gasteiger partial charge in [-0.05, 0) is 19.1 Å². The molecule has 0 aliphatic rings. The molecular weight excluding hydrogens is 168 g/mol. The first kappa shape index (κ1) is 7.98. The van der Waals surface area contributed by atoms with Crippen molar-refractivity contribution in [1.29, 1.82) is 0 Å². The fraction of sp³-hybridized carbons (Fsp3) is 0.200. The van der Waals surface area contributed by atoms with Crippen LogP contribution in [-0.2, 0) is 6.42 Å². The predicted octanol–water partition coefficient (Wildman–Crippen LogP) is 2.48. The molecule has 2 aromatic heterocycles. The minimum absolute atomic E-state index is 0.219. The summed E-state index contributed by atoms with van der Waals surface area (Å²) in [5.74, 6) is 1.58. The fourth-order valence-electron chi connectivity index (χ4n) is 1.22. The highest BCUT2D eigenvalue weighted by molar-refractivity contribution is 5.35. The third kappa shape index (κ3) is 1.45. The molecule has 68 valence electrons. The third-order valence-electron chi connectivity index (χ3n) is 1.96. The van der Waals surface area contributed by atoms with Gasteiger partial charge in [-0.3, -0.25) is 0 Å². The molecule has 0 aliphatic heterocycles. The molecule has 13 heavy (non-hydrogen) atoms. The third-order valence-corrected chi connectivity index (χ3v) is 1.96. The van der Waals surface area contributed by atoms with Crippen LogP contribution in [0.1, 0.15) is 17.1 Å². The lowest BCUT2D eigenvalue weighted by atomic mass is 10.2. The number of aryl methyl sites for hydroxylation is 1. The van der Waals surface area contributed by atoms with Crippen LogP contribution in [0.5, 0.6) is 5.75 Å². The van der Waals surface area contributed by atoms with E-state index < -0.39 is 0 Å². The van der Waals surface area contributed by atoms with Crippen LogP contribution in [0, 0.1) is 6.92 Å². The Labute approximate surface area is 75.6 Å². The molecule has 0 bridgehead atoms. The minimum atomic E-state index is 0.219. The highest BCUT2D eigenvalue weighted by Crippen LogP contribution is 2.25. The Bertz CT molecular complexity index is 384. The van der Waals surface area contributed by atoms with Gasteiger partial charge in [0.05, 0.1) is 12.5 Å². The normalized spacial score (nSPS) is 10.5. The lowest BCUT2D eigenvalue weighted by molar-refractivity contribution is 0.440. The molecule has 0 unspecified atom stereocenters. The molecule has 0 spiro atoms. The number of hydrogen-bond donors (Lipinski definition) is 1. The first-order chi connectivity index (χ1) is 6.27. The number of rotatable bonds is 2. The molecule has 2 aromatic rings. The molecule has 0 radical (unpaired) electrons. The molecule has 0 aliphatic carbocycles. The van der Waals surface area contributed by atoms with Gasteiger partial charge in [0.15, 0.2) is 5.75 Å². The van der Waals surface area contributed by atoms with Crippen LogP contribution in [0.25, 0.3) is 0 Å². The van der Waals surface area contributed by atoms with Crippen molar-refractivity contribution in [3.63, 3.8) is 0 Å². The van der Waals surface area contributed by atoms with E-state index in [9.17, 15) is 5.11 Å². The second-order valence-corrected chi connectivity index (χ2v) is 2.92. The monoisotopic (exact) mass is 178 g/mol. The van der Waals surface area contributed by atoms with Crippen LogP contribution in [0.4, 0.5) is 0 Å². The zero-order valence-electron chi connectivity index (χ0n) is 7.28. The van der Waals surface area contributed by atoms with E-state index in [-0.39, 0.29) is 5.75 Å². The van der Waals surface area contributed by atoms with E-state index in [1.165, 1.54) is 0 Å². The topological polar surface area (TPSA) is 46.5 Å². The highest BCUT2D eigenvalue weighted by atomic mass is 16.4. The molecule has 0 fully saturated rings. The summed E-state index contributed by atoms with van der Waals surface area (Å²) < 4.78 is 10.2.